The minimum absolute atomic E-state index is 0.203. The molecule has 0 bridgehead atoms. The number of nitrogens with zero attached hydrogens (tertiary/aromatic N) is 4. The van der Waals surface area contributed by atoms with Crippen molar-refractivity contribution in [2.24, 2.45) is 0 Å². The number of fused-ring (bicyclic) bond motifs is 1. The zero-order valence-electron chi connectivity index (χ0n) is 15.8. The number of piperidine rings is 1. The molecule has 1 aliphatic heterocycles. The van der Waals surface area contributed by atoms with Crippen molar-refractivity contribution in [2.45, 2.75) is 18.8 Å². The Bertz CT molecular complexity index is 1180. The molecule has 146 valence electrons. The summed E-state index contributed by atoms with van der Waals surface area (Å²) in [6.07, 6.45) is 3.74. The first-order chi connectivity index (χ1) is 14.2. The van der Waals surface area contributed by atoms with Crippen molar-refractivity contribution in [3.05, 3.63) is 82.0 Å². The van der Waals surface area contributed by atoms with Gasteiger partial charge in [0.05, 0.1) is 28.6 Å². The predicted octanol–water partition coefficient (Wildman–Crippen LogP) is 4.15. The highest BCUT2D eigenvalue weighted by Crippen LogP contribution is 2.31. The van der Waals surface area contributed by atoms with Crippen molar-refractivity contribution < 1.29 is 0 Å². The van der Waals surface area contributed by atoms with Gasteiger partial charge in [-0.2, -0.15) is 9.78 Å². The van der Waals surface area contributed by atoms with Gasteiger partial charge in [0.2, 0.25) is 0 Å². The summed E-state index contributed by atoms with van der Waals surface area (Å²) in [6, 6.07) is 17.4. The maximum absolute atomic E-state index is 12.8. The lowest BCUT2D eigenvalue weighted by Gasteiger charge is -2.33. The fourth-order valence-electron chi connectivity index (χ4n) is 3.98. The molecule has 4 aromatic rings. The number of aromatic nitrogens is 4. The van der Waals surface area contributed by atoms with Crippen molar-refractivity contribution in [2.75, 3.05) is 18.0 Å². The third kappa shape index (κ3) is 3.29. The third-order valence-corrected chi connectivity index (χ3v) is 5.81. The van der Waals surface area contributed by atoms with Gasteiger partial charge in [-0.15, -0.1) is 0 Å². The molecule has 29 heavy (non-hydrogen) atoms. The van der Waals surface area contributed by atoms with Crippen LogP contribution >= 0.6 is 11.6 Å². The van der Waals surface area contributed by atoms with Crippen LogP contribution in [0.5, 0.6) is 0 Å². The van der Waals surface area contributed by atoms with Crippen LogP contribution in [-0.2, 0) is 0 Å². The summed E-state index contributed by atoms with van der Waals surface area (Å²) in [5, 5.41) is 4.57. The summed E-state index contributed by atoms with van der Waals surface area (Å²) in [5.74, 6) is 1.24. The van der Waals surface area contributed by atoms with Crippen LogP contribution in [0.4, 0.5) is 5.69 Å². The molecule has 3 heterocycles. The van der Waals surface area contributed by atoms with E-state index in [0.29, 0.717) is 11.4 Å². The number of para-hydroxylation sites is 3. The molecule has 2 aromatic heterocycles. The van der Waals surface area contributed by atoms with Crippen LogP contribution in [-0.4, -0.2) is 32.8 Å². The van der Waals surface area contributed by atoms with Gasteiger partial charge < -0.3 is 9.88 Å². The van der Waals surface area contributed by atoms with E-state index in [9.17, 15) is 4.79 Å². The first kappa shape index (κ1) is 17.9. The smallest absolute Gasteiger partial charge is 0.292 e. The summed E-state index contributed by atoms with van der Waals surface area (Å²) >= 11 is 6.50. The predicted molar refractivity (Wildman–Crippen MR) is 115 cm³/mol. The van der Waals surface area contributed by atoms with E-state index in [1.165, 1.54) is 4.68 Å². The van der Waals surface area contributed by atoms with Gasteiger partial charge in [0.25, 0.3) is 5.56 Å². The lowest BCUT2D eigenvalue weighted by atomic mass is 9.97. The molecule has 7 heteroatoms. The van der Waals surface area contributed by atoms with Crippen LogP contribution in [0.3, 0.4) is 0 Å². The Labute approximate surface area is 172 Å². The fourth-order valence-corrected chi connectivity index (χ4v) is 4.23. The summed E-state index contributed by atoms with van der Waals surface area (Å²) in [5.41, 5.74) is 3.10. The number of H-pyrrole nitrogens is 1. The van der Waals surface area contributed by atoms with Gasteiger partial charge in [0, 0.05) is 19.0 Å². The molecule has 5 rings (SSSR count). The standard InChI is InChI=1S/C22H20ClN5O/c23-20-19(13-24-28(22(20)29)16-8-2-1-3-9-16)27-12-6-7-15(14-27)21-25-17-10-4-5-11-18(17)26-21/h1-5,8-11,13,15H,6-7,12,14H2,(H,25,26). The maximum Gasteiger partial charge on any atom is 0.292 e. The number of benzene rings is 2. The van der Waals surface area contributed by atoms with E-state index in [1.807, 2.05) is 54.6 Å². The first-order valence-corrected chi connectivity index (χ1v) is 10.1. The van der Waals surface area contributed by atoms with Gasteiger partial charge >= 0.3 is 0 Å². The highest BCUT2D eigenvalue weighted by atomic mass is 35.5. The third-order valence-electron chi connectivity index (χ3n) is 5.46. The molecular formula is C22H20ClN5O. The van der Waals surface area contributed by atoms with Crippen molar-refractivity contribution in [3.63, 3.8) is 0 Å². The number of rotatable bonds is 3. The number of anilines is 1. The Morgan fingerprint density at radius 2 is 1.86 bits per heavy atom. The van der Waals surface area contributed by atoms with Crippen LogP contribution in [0.2, 0.25) is 5.02 Å². The van der Waals surface area contributed by atoms with Crippen molar-refractivity contribution in [1.29, 1.82) is 0 Å². The molecule has 0 saturated carbocycles. The molecule has 1 atom stereocenters. The van der Waals surface area contributed by atoms with E-state index in [2.05, 4.69) is 15.0 Å². The van der Waals surface area contributed by atoms with E-state index in [0.717, 1.165) is 42.8 Å². The summed E-state index contributed by atoms with van der Waals surface area (Å²) < 4.78 is 1.34. The molecule has 6 nitrogen and oxygen atoms in total. The van der Waals surface area contributed by atoms with Gasteiger partial charge in [0.15, 0.2) is 0 Å². The van der Waals surface area contributed by atoms with Crippen LogP contribution in [0, 0.1) is 0 Å². The second kappa shape index (κ2) is 7.37. The number of imidazole rings is 1. The molecule has 0 spiro atoms. The van der Waals surface area contributed by atoms with Gasteiger partial charge in [-0.25, -0.2) is 4.98 Å². The summed E-state index contributed by atoms with van der Waals surface area (Å²) in [4.78, 5) is 23.2. The lowest BCUT2D eigenvalue weighted by molar-refractivity contribution is 0.494. The highest BCUT2D eigenvalue weighted by molar-refractivity contribution is 6.33. The Hall–Kier alpha value is -3.12. The van der Waals surface area contributed by atoms with E-state index in [-0.39, 0.29) is 16.5 Å². The Balaban J connectivity index is 1.45. The molecule has 1 fully saturated rings. The zero-order chi connectivity index (χ0) is 19.8. The molecule has 1 unspecified atom stereocenters. The van der Waals surface area contributed by atoms with E-state index >= 15 is 0 Å². The number of aromatic amines is 1. The molecule has 0 radical (unpaired) electrons. The Morgan fingerprint density at radius 1 is 1.07 bits per heavy atom. The zero-order valence-corrected chi connectivity index (χ0v) is 16.5. The quantitative estimate of drug-likeness (QED) is 0.556. The van der Waals surface area contributed by atoms with Crippen molar-refractivity contribution >= 4 is 28.3 Å². The second-order valence-corrected chi connectivity index (χ2v) is 7.70. The normalized spacial score (nSPS) is 17.0. The van der Waals surface area contributed by atoms with Crippen LogP contribution < -0.4 is 10.5 Å². The molecule has 1 N–H and O–H groups in total. The average molecular weight is 406 g/mol. The summed E-state index contributed by atoms with van der Waals surface area (Å²) in [6.45, 7) is 1.59. The monoisotopic (exact) mass is 405 g/mol. The number of hydrogen-bond donors (Lipinski definition) is 1. The molecule has 2 aromatic carbocycles. The van der Waals surface area contributed by atoms with Crippen LogP contribution in [0.25, 0.3) is 16.7 Å². The van der Waals surface area contributed by atoms with Crippen molar-refractivity contribution in [1.82, 2.24) is 19.7 Å². The minimum atomic E-state index is -0.304. The molecule has 0 amide bonds. The lowest BCUT2D eigenvalue weighted by Crippen LogP contribution is -2.36. The number of nitrogens with one attached hydrogen (secondary N) is 1. The number of hydrogen-bond acceptors (Lipinski definition) is 4. The topological polar surface area (TPSA) is 66.8 Å². The maximum atomic E-state index is 12.8. The van der Waals surface area contributed by atoms with Gasteiger partial charge in [-0.05, 0) is 37.1 Å². The Morgan fingerprint density at radius 3 is 2.69 bits per heavy atom. The Kier molecular flexibility index (Phi) is 4.56. The van der Waals surface area contributed by atoms with Crippen LogP contribution in [0.15, 0.2) is 65.6 Å². The molecular weight excluding hydrogens is 386 g/mol. The van der Waals surface area contributed by atoms with Gasteiger partial charge in [-0.3, -0.25) is 4.79 Å². The fraction of sp³-hybridized carbons (Fsp3) is 0.227. The van der Waals surface area contributed by atoms with Crippen LogP contribution in [0.1, 0.15) is 24.6 Å². The van der Waals surface area contributed by atoms with Gasteiger partial charge in [-0.1, -0.05) is 41.9 Å². The van der Waals surface area contributed by atoms with Gasteiger partial charge in [0.1, 0.15) is 10.8 Å². The van der Waals surface area contributed by atoms with E-state index in [4.69, 9.17) is 16.6 Å². The molecule has 1 saturated heterocycles. The van der Waals surface area contributed by atoms with E-state index in [1.54, 1.807) is 6.20 Å². The molecule has 0 aliphatic carbocycles. The number of halogens is 1. The largest absolute Gasteiger partial charge is 0.368 e. The van der Waals surface area contributed by atoms with Crippen molar-refractivity contribution in [3.8, 4) is 5.69 Å². The van der Waals surface area contributed by atoms with E-state index < -0.39 is 0 Å². The molecule has 1 aliphatic rings. The SMILES string of the molecule is O=c1c(Cl)c(N2CCCC(c3nc4ccccc4[nH]3)C2)cnn1-c1ccccc1. The highest BCUT2D eigenvalue weighted by Gasteiger charge is 2.26. The second-order valence-electron chi connectivity index (χ2n) is 7.32. The minimum Gasteiger partial charge on any atom is -0.368 e. The average Bonchev–Trinajstić information content (AvgIpc) is 3.21. The first-order valence-electron chi connectivity index (χ1n) is 9.73. The summed E-state index contributed by atoms with van der Waals surface area (Å²) in [7, 11) is 0.